The van der Waals surface area contributed by atoms with Crippen LogP contribution in [-0.4, -0.2) is 32.1 Å². The average Bonchev–Trinajstić information content (AvgIpc) is 3.33. The quantitative estimate of drug-likeness (QED) is 0.343. The fraction of sp³-hybridized carbons (Fsp3) is 0.111. The van der Waals surface area contributed by atoms with Gasteiger partial charge in [0.25, 0.3) is 0 Å². The zero-order valence-electron chi connectivity index (χ0n) is 14.7. The summed E-state index contributed by atoms with van der Waals surface area (Å²) in [5.74, 6) is 8.79. The van der Waals surface area contributed by atoms with E-state index in [1.54, 1.807) is 7.11 Å². The Morgan fingerprint density at radius 2 is 2.04 bits per heavy atom. The second kappa shape index (κ2) is 8.03. The van der Waals surface area contributed by atoms with Crippen LogP contribution >= 0.6 is 27.7 Å². The van der Waals surface area contributed by atoms with Gasteiger partial charge in [0.1, 0.15) is 5.75 Å². The SMILES string of the molecule is COc1ccccc1-c1nnc(SCc2nc(-c3cccc(Br)c3)no2)n1N. The van der Waals surface area contributed by atoms with Crippen LogP contribution in [0.3, 0.4) is 0 Å². The smallest absolute Gasteiger partial charge is 0.237 e. The lowest BCUT2D eigenvalue weighted by Gasteiger charge is -2.07. The van der Waals surface area contributed by atoms with Crippen molar-refractivity contribution in [3.63, 3.8) is 0 Å². The first kappa shape index (κ1) is 18.5. The molecule has 142 valence electrons. The zero-order valence-corrected chi connectivity index (χ0v) is 17.1. The molecule has 2 heterocycles. The fourth-order valence-electron chi connectivity index (χ4n) is 2.57. The first-order valence-electron chi connectivity index (χ1n) is 8.21. The third kappa shape index (κ3) is 3.73. The number of rotatable bonds is 6. The Morgan fingerprint density at radius 3 is 2.86 bits per heavy atom. The van der Waals surface area contributed by atoms with Gasteiger partial charge in [0.05, 0.1) is 18.4 Å². The zero-order chi connectivity index (χ0) is 19.5. The standard InChI is InChI=1S/C18H15BrN6O2S/c1-26-14-8-3-2-7-13(14)17-22-23-18(25(17)20)28-10-15-21-16(24-27-15)11-5-4-6-12(19)9-11/h2-9H,10,20H2,1H3. The number of nitrogens with zero attached hydrogens (tertiary/aromatic N) is 5. The van der Waals surface area contributed by atoms with Crippen LogP contribution in [0.5, 0.6) is 5.75 Å². The molecule has 0 aliphatic heterocycles. The van der Waals surface area contributed by atoms with Crippen molar-refractivity contribution in [3.8, 4) is 28.5 Å². The first-order valence-corrected chi connectivity index (χ1v) is 9.99. The van der Waals surface area contributed by atoms with Crippen molar-refractivity contribution in [2.24, 2.45) is 0 Å². The summed E-state index contributed by atoms with van der Waals surface area (Å²) in [6.45, 7) is 0. The van der Waals surface area contributed by atoms with Gasteiger partial charge in [0, 0.05) is 10.0 Å². The molecule has 0 aliphatic carbocycles. The van der Waals surface area contributed by atoms with Gasteiger partial charge in [-0.3, -0.25) is 0 Å². The van der Waals surface area contributed by atoms with E-state index in [2.05, 4.69) is 36.3 Å². The summed E-state index contributed by atoms with van der Waals surface area (Å²) in [6, 6.07) is 15.2. The summed E-state index contributed by atoms with van der Waals surface area (Å²) >= 11 is 4.80. The summed E-state index contributed by atoms with van der Waals surface area (Å²) < 4.78 is 13.1. The predicted molar refractivity (Wildman–Crippen MR) is 109 cm³/mol. The summed E-state index contributed by atoms with van der Waals surface area (Å²) in [4.78, 5) is 4.42. The summed E-state index contributed by atoms with van der Waals surface area (Å²) in [5.41, 5.74) is 1.64. The maximum Gasteiger partial charge on any atom is 0.237 e. The lowest BCUT2D eigenvalue weighted by atomic mass is 10.2. The number of methoxy groups -OCH3 is 1. The topological polar surface area (TPSA) is 105 Å². The summed E-state index contributed by atoms with van der Waals surface area (Å²) in [7, 11) is 1.60. The van der Waals surface area contributed by atoms with Gasteiger partial charge < -0.3 is 15.1 Å². The molecular weight excluding hydrogens is 444 g/mol. The van der Waals surface area contributed by atoms with E-state index in [4.69, 9.17) is 15.1 Å². The minimum Gasteiger partial charge on any atom is -0.496 e. The highest BCUT2D eigenvalue weighted by molar-refractivity contribution is 9.10. The van der Waals surface area contributed by atoms with Gasteiger partial charge in [-0.15, -0.1) is 10.2 Å². The second-order valence-electron chi connectivity index (χ2n) is 5.69. The molecule has 0 bridgehead atoms. The van der Waals surface area contributed by atoms with Crippen molar-refractivity contribution in [2.75, 3.05) is 13.0 Å². The Labute approximate surface area is 173 Å². The summed E-state index contributed by atoms with van der Waals surface area (Å²) in [6.07, 6.45) is 0. The van der Waals surface area contributed by atoms with Crippen molar-refractivity contribution < 1.29 is 9.26 Å². The van der Waals surface area contributed by atoms with E-state index < -0.39 is 0 Å². The first-order chi connectivity index (χ1) is 13.7. The second-order valence-corrected chi connectivity index (χ2v) is 7.55. The van der Waals surface area contributed by atoms with Gasteiger partial charge in [-0.1, -0.05) is 57.1 Å². The number of hydrogen-bond donors (Lipinski definition) is 1. The Balaban J connectivity index is 1.50. The lowest BCUT2D eigenvalue weighted by molar-refractivity contribution is 0.391. The summed E-state index contributed by atoms with van der Waals surface area (Å²) in [5, 5.41) is 12.9. The van der Waals surface area contributed by atoms with Crippen LogP contribution < -0.4 is 10.6 Å². The number of thioether (sulfide) groups is 1. The van der Waals surface area contributed by atoms with E-state index in [0.29, 0.717) is 34.2 Å². The lowest BCUT2D eigenvalue weighted by Crippen LogP contribution is -2.12. The van der Waals surface area contributed by atoms with E-state index >= 15 is 0 Å². The maximum atomic E-state index is 6.18. The van der Waals surface area contributed by atoms with Crippen molar-refractivity contribution >= 4 is 27.7 Å². The number of para-hydroxylation sites is 1. The molecule has 0 saturated heterocycles. The molecule has 10 heteroatoms. The minimum absolute atomic E-state index is 0.419. The van der Waals surface area contributed by atoms with E-state index in [-0.39, 0.29) is 0 Å². The van der Waals surface area contributed by atoms with E-state index in [1.165, 1.54) is 16.4 Å². The number of halogens is 1. The fourth-order valence-corrected chi connectivity index (χ4v) is 3.67. The van der Waals surface area contributed by atoms with Gasteiger partial charge in [-0.25, -0.2) is 4.68 Å². The molecule has 4 rings (SSSR count). The van der Waals surface area contributed by atoms with Gasteiger partial charge >= 0.3 is 0 Å². The van der Waals surface area contributed by atoms with Crippen LogP contribution in [0.4, 0.5) is 0 Å². The average molecular weight is 459 g/mol. The molecule has 0 saturated carbocycles. The third-order valence-electron chi connectivity index (χ3n) is 3.89. The van der Waals surface area contributed by atoms with Gasteiger partial charge in [0.15, 0.2) is 5.82 Å². The monoisotopic (exact) mass is 458 g/mol. The molecule has 8 nitrogen and oxygen atoms in total. The van der Waals surface area contributed by atoms with E-state index in [1.807, 2.05) is 48.5 Å². The van der Waals surface area contributed by atoms with Crippen molar-refractivity contribution in [2.45, 2.75) is 10.9 Å². The highest BCUT2D eigenvalue weighted by atomic mass is 79.9. The molecule has 0 fully saturated rings. The van der Waals surface area contributed by atoms with Gasteiger partial charge in [0.2, 0.25) is 16.9 Å². The number of ether oxygens (including phenoxy) is 1. The van der Waals surface area contributed by atoms with E-state index in [0.717, 1.165) is 15.6 Å². The Hall–Kier alpha value is -2.85. The highest BCUT2D eigenvalue weighted by Gasteiger charge is 2.17. The maximum absolute atomic E-state index is 6.18. The van der Waals surface area contributed by atoms with Crippen molar-refractivity contribution in [3.05, 3.63) is 58.9 Å². The number of nitrogens with two attached hydrogens (primary N) is 1. The molecule has 4 aromatic rings. The van der Waals surface area contributed by atoms with Crippen LogP contribution in [0.2, 0.25) is 0 Å². The van der Waals surface area contributed by atoms with Crippen LogP contribution in [0, 0.1) is 0 Å². The number of nitrogen functional groups attached to an aromatic ring is 1. The Bertz CT molecular complexity index is 1110. The molecule has 2 aromatic carbocycles. The van der Waals surface area contributed by atoms with E-state index in [9.17, 15) is 0 Å². The van der Waals surface area contributed by atoms with Crippen LogP contribution in [0.15, 0.2) is 62.7 Å². The molecule has 0 atom stereocenters. The third-order valence-corrected chi connectivity index (χ3v) is 5.31. The molecule has 0 unspecified atom stereocenters. The van der Waals surface area contributed by atoms with Crippen molar-refractivity contribution in [1.29, 1.82) is 0 Å². The molecule has 0 spiro atoms. The van der Waals surface area contributed by atoms with Crippen LogP contribution in [0.1, 0.15) is 5.89 Å². The van der Waals surface area contributed by atoms with Gasteiger partial charge in [-0.2, -0.15) is 4.98 Å². The number of hydrogen-bond acceptors (Lipinski definition) is 8. The van der Waals surface area contributed by atoms with Crippen molar-refractivity contribution in [1.82, 2.24) is 25.0 Å². The molecule has 28 heavy (non-hydrogen) atoms. The largest absolute Gasteiger partial charge is 0.496 e. The normalized spacial score (nSPS) is 10.9. The molecular formula is C18H15BrN6O2S. The van der Waals surface area contributed by atoms with Crippen LogP contribution in [0.25, 0.3) is 22.8 Å². The molecule has 0 radical (unpaired) electrons. The Kier molecular flexibility index (Phi) is 5.31. The van der Waals surface area contributed by atoms with Gasteiger partial charge in [-0.05, 0) is 24.3 Å². The molecule has 0 aliphatic rings. The minimum atomic E-state index is 0.419. The molecule has 2 N–H and O–H groups in total. The molecule has 0 amide bonds. The Morgan fingerprint density at radius 1 is 1.18 bits per heavy atom. The molecule has 2 aromatic heterocycles. The highest BCUT2D eigenvalue weighted by Crippen LogP contribution is 2.30. The number of benzene rings is 2. The number of aromatic nitrogens is 5. The predicted octanol–water partition coefficient (Wildman–Crippen LogP) is 3.77. The van der Waals surface area contributed by atoms with Crippen LogP contribution in [-0.2, 0) is 5.75 Å².